The highest BCUT2D eigenvalue weighted by Crippen LogP contribution is 2.44. The number of hydrogen-bond donors (Lipinski definition) is 1. The van der Waals surface area contributed by atoms with Gasteiger partial charge in [-0.3, -0.25) is 19.7 Å². The van der Waals surface area contributed by atoms with Gasteiger partial charge in [-0.2, -0.15) is 0 Å². The van der Waals surface area contributed by atoms with E-state index in [1.807, 2.05) is 0 Å². The summed E-state index contributed by atoms with van der Waals surface area (Å²) >= 11 is 0. The molecule has 0 fully saturated rings. The van der Waals surface area contributed by atoms with Crippen molar-refractivity contribution in [2.45, 2.75) is 18.6 Å². The van der Waals surface area contributed by atoms with Crippen LogP contribution in [0, 0.1) is 10.1 Å². The normalized spacial score (nSPS) is 18.3. The zero-order valence-electron chi connectivity index (χ0n) is 17.3. The van der Waals surface area contributed by atoms with E-state index >= 15 is 0 Å². The fourth-order valence-corrected chi connectivity index (χ4v) is 4.18. The van der Waals surface area contributed by atoms with Crippen LogP contribution in [0.4, 0.5) is 11.4 Å². The number of amides is 1. The fourth-order valence-electron chi connectivity index (χ4n) is 4.18. The summed E-state index contributed by atoms with van der Waals surface area (Å²) in [5, 5.41) is 22.5. The first-order valence-corrected chi connectivity index (χ1v) is 10.2. The second kappa shape index (κ2) is 7.72. The third-order valence-electron chi connectivity index (χ3n) is 5.81. The molecule has 9 heteroatoms. The number of carbonyl (C=O) groups excluding carboxylic acids is 2. The van der Waals surface area contributed by atoms with Gasteiger partial charge in [0.1, 0.15) is 0 Å². The number of anilines is 1. The fraction of sp³-hybridized carbons (Fsp3) is 0.167. The molecule has 2 heterocycles. The Labute approximate surface area is 187 Å². The van der Waals surface area contributed by atoms with Crippen LogP contribution < -0.4 is 14.4 Å². The number of carbonyl (C=O) groups is 2. The molecule has 2 aliphatic heterocycles. The maximum atomic E-state index is 13.4. The van der Waals surface area contributed by atoms with Gasteiger partial charge in [0.05, 0.1) is 23.6 Å². The monoisotopic (exact) mass is 446 g/mol. The first-order chi connectivity index (χ1) is 15.9. The number of benzene rings is 3. The SMILES string of the molecule is O=C(C[C@@]1(O)C(=O)N(Cc2ccc3c(c2)OCO3)c2ccccc21)c1cccc([N+](=O)[O-])c1. The Kier molecular flexibility index (Phi) is 4.83. The number of ether oxygens (including phenoxy) is 2. The van der Waals surface area contributed by atoms with E-state index in [2.05, 4.69) is 0 Å². The summed E-state index contributed by atoms with van der Waals surface area (Å²) in [7, 11) is 0. The molecule has 3 aromatic rings. The predicted molar refractivity (Wildman–Crippen MR) is 116 cm³/mol. The molecule has 9 nitrogen and oxygen atoms in total. The van der Waals surface area contributed by atoms with Crippen LogP contribution in [0.25, 0.3) is 0 Å². The van der Waals surface area contributed by atoms with E-state index in [0.717, 1.165) is 11.6 Å². The number of para-hydroxylation sites is 1. The van der Waals surface area contributed by atoms with Crippen molar-refractivity contribution in [3.63, 3.8) is 0 Å². The Hall–Kier alpha value is -4.24. The summed E-state index contributed by atoms with van der Waals surface area (Å²) < 4.78 is 10.7. The Morgan fingerprint density at radius 2 is 1.85 bits per heavy atom. The molecule has 0 aromatic heterocycles. The number of Topliss-reactive ketones (excluding diaryl/α,β-unsaturated/α-hetero) is 1. The number of nitro groups is 1. The molecule has 5 rings (SSSR count). The number of fused-ring (bicyclic) bond motifs is 2. The number of hydrogen-bond acceptors (Lipinski definition) is 7. The van der Waals surface area contributed by atoms with Gasteiger partial charge < -0.3 is 19.5 Å². The Balaban J connectivity index is 1.46. The quantitative estimate of drug-likeness (QED) is 0.350. The van der Waals surface area contributed by atoms with Crippen molar-refractivity contribution in [3.8, 4) is 11.5 Å². The Bertz CT molecular complexity index is 1310. The molecule has 0 saturated heterocycles. The van der Waals surface area contributed by atoms with E-state index in [4.69, 9.17) is 9.47 Å². The van der Waals surface area contributed by atoms with Crippen LogP contribution in [0.1, 0.15) is 27.9 Å². The third-order valence-corrected chi connectivity index (χ3v) is 5.81. The first kappa shape index (κ1) is 20.7. The summed E-state index contributed by atoms with van der Waals surface area (Å²) in [5.74, 6) is -0.0241. The molecular weight excluding hydrogens is 428 g/mol. The number of non-ortho nitro benzene ring substituents is 1. The molecule has 1 N–H and O–H groups in total. The third kappa shape index (κ3) is 3.48. The second-order valence-electron chi connectivity index (χ2n) is 7.86. The highest BCUT2D eigenvalue weighted by molar-refractivity contribution is 6.10. The van der Waals surface area contributed by atoms with Crippen LogP contribution in [0.3, 0.4) is 0 Å². The summed E-state index contributed by atoms with van der Waals surface area (Å²) in [6.07, 6.45) is -0.540. The summed E-state index contributed by atoms with van der Waals surface area (Å²) in [6, 6.07) is 17.3. The standard InChI is InChI=1S/C24H18N2O7/c27-20(16-4-3-5-17(11-16)26(30)31)12-24(29)18-6-1-2-7-19(18)25(23(24)28)13-15-8-9-21-22(10-15)33-14-32-21/h1-11,29H,12-14H2/t24-/m0/s1. The van der Waals surface area contributed by atoms with Crippen molar-refractivity contribution in [3.05, 3.63) is 93.5 Å². The molecule has 1 amide bonds. The van der Waals surface area contributed by atoms with Gasteiger partial charge in [0.15, 0.2) is 22.9 Å². The Morgan fingerprint density at radius 3 is 2.67 bits per heavy atom. The van der Waals surface area contributed by atoms with Crippen LogP contribution in [0.2, 0.25) is 0 Å². The minimum atomic E-state index is -2.09. The average molecular weight is 446 g/mol. The van der Waals surface area contributed by atoms with Gasteiger partial charge in [0.2, 0.25) is 6.79 Å². The van der Waals surface area contributed by atoms with E-state index in [-0.39, 0.29) is 24.6 Å². The molecule has 0 saturated carbocycles. The highest BCUT2D eigenvalue weighted by Gasteiger charge is 2.50. The van der Waals surface area contributed by atoms with Crippen LogP contribution in [0.5, 0.6) is 11.5 Å². The minimum absolute atomic E-state index is 0.0529. The number of ketones is 1. The van der Waals surface area contributed by atoms with Gasteiger partial charge >= 0.3 is 0 Å². The lowest BCUT2D eigenvalue weighted by atomic mass is 9.88. The zero-order chi connectivity index (χ0) is 23.2. The van der Waals surface area contributed by atoms with Gasteiger partial charge in [-0.1, -0.05) is 36.4 Å². The lowest BCUT2D eigenvalue weighted by Gasteiger charge is -2.23. The summed E-state index contributed by atoms with van der Waals surface area (Å²) in [5.41, 5.74) is -0.706. The molecule has 1 atom stereocenters. The number of aliphatic hydroxyl groups is 1. The molecule has 2 aliphatic rings. The summed E-state index contributed by atoms with van der Waals surface area (Å²) in [4.78, 5) is 38.2. The van der Waals surface area contributed by atoms with Crippen molar-refractivity contribution >= 4 is 23.1 Å². The van der Waals surface area contributed by atoms with E-state index < -0.39 is 28.6 Å². The molecule has 3 aromatic carbocycles. The second-order valence-corrected chi connectivity index (χ2v) is 7.86. The Morgan fingerprint density at radius 1 is 1.06 bits per heavy atom. The largest absolute Gasteiger partial charge is 0.454 e. The van der Waals surface area contributed by atoms with Crippen LogP contribution in [-0.4, -0.2) is 28.5 Å². The van der Waals surface area contributed by atoms with Crippen molar-refractivity contribution < 1.29 is 29.1 Å². The first-order valence-electron chi connectivity index (χ1n) is 10.2. The minimum Gasteiger partial charge on any atom is -0.454 e. The maximum Gasteiger partial charge on any atom is 0.270 e. The van der Waals surface area contributed by atoms with Crippen molar-refractivity contribution in [1.29, 1.82) is 0 Å². The highest BCUT2D eigenvalue weighted by atomic mass is 16.7. The van der Waals surface area contributed by atoms with E-state index in [9.17, 15) is 24.8 Å². The molecule has 33 heavy (non-hydrogen) atoms. The van der Waals surface area contributed by atoms with Gasteiger partial charge in [-0.15, -0.1) is 0 Å². The van der Waals surface area contributed by atoms with E-state index in [1.165, 1.54) is 23.1 Å². The van der Waals surface area contributed by atoms with Gasteiger partial charge in [0.25, 0.3) is 11.6 Å². The zero-order valence-corrected chi connectivity index (χ0v) is 17.3. The topological polar surface area (TPSA) is 119 Å². The lowest BCUT2D eigenvalue weighted by molar-refractivity contribution is -0.384. The molecule has 0 spiro atoms. The molecule has 0 radical (unpaired) electrons. The van der Waals surface area contributed by atoms with Crippen LogP contribution >= 0.6 is 0 Å². The van der Waals surface area contributed by atoms with E-state index in [0.29, 0.717) is 22.7 Å². The van der Waals surface area contributed by atoms with Crippen LogP contribution in [0.15, 0.2) is 66.7 Å². The molecular formula is C24H18N2O7. The van der Waals surface area contributed by atoms with Gasteiger partial charge in [-0.05, 0) is 23.8 Å². The van der Waals surface area contributed by atoms with Crippen LogP contribution in [-0.2, 0) is 16.9 Å². The number of nitrogens with zero attached hydrogens (tertiary/aromatic N) is 2. The number of nitro benzene ring substituents is 1. The van der Waals surface area contributed by atoms with Gasteiger partial charge in [-0.25, -0.2) is 0 Å². The molecule has 0 bridgehead atoms. The smallest absolute Gasteiger partial charge is 0.270 e. The summed E-state index contributed by atoms with van der Waals surface area (Å²) in [6.45, 7) is 0.281. The van der Waals surface area contributed by atoms with Crippen molar-refractivity contribution in [1.82, 2.24) is 0 Å². The van der Waals surface area contributed by atoms with Crippen molar-refractivity contribution in [2.75, 3.05) is 11.7 Å². The maximum absolute atomic E-state index is 13.4. The average Bonchev–Trinajstić information content (AvgIpc) is 3.36. The molecule has 0 aliphatic carbocycles. The predicted octanol–water partition coefficient (Wildman–Crippen LogP) is 3.33. The molecule has 0 unspecified atom stereocenters. The molecule has 166 valence electrons. The van der Waals surface area contributed by atoms with E-state index in [1.54, 1.807) is 42.5 Å². The lowest BCUT2D eigenvalue weighted by Crippen LogP contribution is -2.41. The number of rotatable bonds is 6. The van der Waals surface area contributed by atoms with Crippen molar-refractivity contribution in [2.24, 2.45) is 0 Å². The van der Waals surface area contributed by atoms with Gasteiger partial charge in [0, 0.05) is 23.3 Å².